The summed E-state index contributed by atoms with van der Waals surface area (Å²) in [5, 5.41) is 2.66. The van der Waals surface area contributed by atoms with E-state index in [2.05, 4.69) is 17.1 Å². The largest absolute Gasteiger partial charge is 0.359 e. The molecule has 0 bridgehead atoms. The highest BCUT2D eigenvalue weighted by Gasteiger charge is 2.26. The van der Waals surface area contributed by atoms with Crippen molar-refractivity contribution >= 4 is 5.91 Å². The maximum absolute atomic E-state index is 11.3. The van der Waals surface area contributed by atoms with Gasteiger partial charge in [-0.2, -0.15) is 0 Å². The molecule has 3 N–H and O–H groups in total. The molecule has 1 aliphatic rings. The molecule has 1 rings (SSSR count). The summed E-state index contributed by atoms with van der Waals surface area (Å²) >= 11 is 0. The van der Waals surface area contributed by atoms with Crippen LogP contribution in [0.15, 0.2) is 0 Å². The van der Waals surface area contributed by atoms with Crippen LogP contribution in [0.3, 0.4) is 0 Å². The van der Waals surface area contributed by atoms with Gasteiger partial charge < -0.3 is 11.1 Å². The lowest BCUT2D eigenvalue weighted by Gasteiger charge is -2.38. The average Bonchev–Trinajstić information content (AvgIpc) is 2.26. The second-order valence-electron chi connectivity index (χ2n) is 4.35. The highest BCUT2D eigenvalue weighted by molar-refractivity contribution is 5.76. The molecule has 88 valence electrons. The Kier molecular flexibility index (Phi) is 5.05. The molecule has 0 saturated carbocycles. The lowest BCUT2D eigenvalue weighted by molar-refractivity contribution is -0.122. The Labute approximate surface area is 92.2 Å². The summed E-state index contributed by atoms with van der Waals surface area (Å²) in [6, 6.07) is 0.775. The molecule has 0 radical (unpaired) electrons. The molecule has 1 saturated heterocycles. The molecule has 4 nitrogen and oxygen atoms in total. The Balaban J connectivity index is 2.51. The van der Waals surface area contributed by atoms with E-state index in [0.717, 1.165) is 6.54 Å². The Morgan fingerprint density at radius 2 is 2.33 bits per heavy atom. The van der Waals surface area contributed by atoms with Gasteiger partial charge in [0.05, 0.1) is 0 Å². The van der Waals surface area contributed by atoms with Crippen molar-refractivity contribution in [2.75, 3.05) is 20.1 Å². The van der Waals surface area contributed by atoms with Crippen molar-refractivity contribution in [3.05, 3.63) is 0 Å². The quantitative estimate of drug-likeness (QED) is 0.707. The first-order valence-electron chi connectivity index (χ1n) is 5.85. The van der Waals surface area contributed by atoms with Crippen molar-refractivity contribution in [2.24, 2.45) is 5.73 Å². The SMILES string of the molecule is CNC(=O)CC(CN)N1CCCCC1C. The number of rotatable bonds is 4. The van der Waals surface area contributed by atoms with Crippen LogP contribution in [-0.2, 0) is 4.79 Å². The minimum absolute atomic E-state index is 0.0863. The summed E-state index contributed by atoms with van der Waals surface area (Å²) in [6.07, 6.45) is 4.28. The van der Waals surface area contributed by atoms with E-state index in [0.29, 0.717) is 19.0 Å². The van der Waals surface area contributed by atoms with Gasteiger partial charge in [0.15, 0.2) is 0 Å². The lowest BCUT2D eigenvalue weighted by atomic mass is 9.99. The van der Waals surface area contributed by atoms with Crippen molar-refractivity contribution < 1.29 is 4.79 Å². The van der Waals surface area contributed by atoms with Crippen molar-refractivity contribution in [2.45, 2.75) is 44.7 Å². The van der Waals surface area contributed by atoms with Crippen LogP contribution < -0.4 is 11.1 Å². The second-order valence-corrected chi connectivity index (χ2v) is 4.35. The van der Waals surface area contributed by atoms with E-state index in [1.165, 1.54) is 19.3 Å². The summed E-state index contributed by atoms with van der Waals surface area (Å²) in [4.78, 5) is 13.7. The smallest absolute Gasteiger partial charge is 0.221 e. The first-order chi connectivity index (χ1) is 7.19. The monoisotopic (exact) mass is 213 g/mol. The summed E-state index contributed by atoms with van der Waals surface area (Å²) in [5.41, 5.74) is 5.75. The molecule has 1 amide bonds. The summed E-state index contributed by atoms with van der Waals surface area (Å²) in [6.45, 7) is 3.88. The van der Waals surface area contributed by atoms with Crippen LogP contribution in [0.1, 0.15) is 32.6 Å². The highest BCUT2D eigenvalue weighted by Crippen LogP contribution is 2.20. The van der Waals surface area contributed by atoms with E-state index < -0.39 is 0 Å². The zero-order chi connectivity index (χ0) is 11.3. The van der Waals surface area contributed by atoms with E-state index in [-0.39, 0.29) is 11.9 Å². The molecule has 1 fully saturated rings. The molecular weight excluding hydrogens is 190 g/mol. The minimum Gasteiger partial charge on any atom is -0.359 e. The van der Waals surface area contributed by atoms with Gasteiger partial charge in [-0.1, -0.05) is 6.42 Å². The summed E-state index contributed by atoms with van der Waals surface area (Å²) in [7, 11) is 1.68. The first kappa shape index (κ1) is 12.5. The molecule has 1 aliphatic heterocycles. The molecule has 0 aromatic heterocycles. The molecule has 2 unspecified atom stereocenters. The molecular formula is C11H23N3O. The lowest BCUT2D eigenvalue weighted by Crippen LogP contribution is -2.49. The van der Waals surface area contributed by atoms with Gasteiger partial charge >= 0.3 is 0 Å². The van der Waals surface area contributed by atoms with Gasteiger partial charge in [-0.05, 0) is 26.3 Å². The van der Waals surface area contributed by atoms with Gasteiger partial charge in [-0.3, -0.25) is 9.69 Å². The van der Waals surface area contributed by atoms with Crippen LogP contribution >= 0.6 is 0 Å². The topological polar surface area (TPSA) is 58.4 Å². The Morgan fingerprint density at radius 3 is 2.87 bits per heavy atom. The first-order valence-corrected chi connectivity index (χ1v) is 5.85. The van der Waals surface area contributed by atoms with Crippen LogP contribution in [0.25, 0.3) is 0 Å². The third kappa shape index (κ3) is 3.47. The van der Waals surface area contributed by atoms with Gasteiger partial charge in [0.2, 0.25) is 5.91 Å². The van der Waals surface area contributed by atoms with Crippen molar-refractivity contribution in [3.8, 4) is 0 Å². The van der Waals surface area contributed by atoms with Crippen LogP contribution in [0.5, 0.6) is 0 Å². The molecule has 0 aromatic carbocycles. The maximum Gasteiger partial charge on any atom is 0.221 e. The number of carbonyl (C=O) groups is 1. The molecule has 0 aromatic rings. The standard InChI is InChI=1S/C11H23N3O/c1-9-5-3-4-6-14(9)10(8-12)7-11(15)13-2/h9-10H,3-8,12H2,1-2H3,(H,13,15). The van der Waals surface area contributed by atoms with Crippen molar-refractivity contribution in [1.29, 1.82) is 0 Å². The van der Waals surface area contributed by atoms with E-state index in [1.807, 2.05) is 0 Å². The number of nitrogens with zero attached hydrogens (tertiary/aromatic N) is 1. The molecule has 4 heteroatoms. The zero-order valence-electron chi connectivity index (χ0n) is 9.83. The molecule has 1 heterocycles. The summed E-state index contributed by atoms with van der Waals surface area (Å²) in [5.74, 6) is 0.0863. The van der Waals surface area contributed by atoms with E-state index in [9.17, 15) is 4.79 Å². The molecule has 15 heavy (non-hydrogen) atoms. The molecule has 0 aliphatic carbocycles. The van der Waals surface area contributed by atoms with E-state index in [4.69, 9.17) is 5.73 Å². The van der Waals surface area contributed by atoms with Crippen LogP contribution in [0.4, 0.5) is 0 Å². The fraction of sp³-hybridized carbons (Fsp3) is 0.909. The third-order valence-corrected chi connectivity index (χ3v) is 3.30. The van der Waals surface area contributed by atoms with Crippen molar-refractivity contribution in [3.63, 3.8) is 0 Å². The van der Waals surface area contributed by atoms with Gasteiger partial charge in [0.1, 0.15) is 0 Å². The fourth-order valence-electron chi connectivity index (χ4n) is 2.31. The Bertz CT molecular complexity index is 208. The predicted molar refractivity (Wildman–Crippen MR) is 61.5 cm³/mol. The zero-order valence-corrected chi connectivity index (χ0v) is 9.83. The van der Waals surface area contributed by atoms with E-state index in [1.54, 1.807) is 7.05 Å². The Morgan fingerprint density at radius 1 is 1.60 bits per heavy atom. The average molecular weight is 213 g/mol. The summed E-state index contributed by atoms with van der Waals surface area (Å²) < 4.78 is 0. The highest BCUT2D eigenvalue weighted by atomic mass is 16.1. The maximum atomic E-state index is 11.3. The minimum atomic E-state index is 0.0863. The van der Waals surface area contributed by atoms with Crippen LogP contribution in [-0.4, -0.2) is 43.0 Å². The number of nitrogens with two attached hydrogens (primary N) is 1. The van der Waals surface area contributed by atoms with Gasteiger partial charge in [0, 0.05) is 32.1 Å². The second kappa shape index (κ2) is 6.08. The molecule has 2 atom stereocenters. The van der Waals surface area contributed by atoms with Crippen LogP contribution in [0, 0.1) is 0 Å². The van der Waals surface area contributed by atoms with Gasteiger partial charge in [-0.25, -0.2) is 0 Å². The molecule has 0 spiro atoms. The Hall–Kier alpha value is -0.610. The number of hydrogen-bond donors (Lipinski definition) is 2. The normalized spacial score (nSPS) is 24.9. The van der Waals surface area contributed by atoms with Gasteiger partial charge in [-0.15, -0.1) is 0 Å². The fourth-order valence-corrected chi connectivity index (χ4v) is 2.31. The third-order valence-electron chi connectivity index (χ3n) is 3.30. The number of nitrogens with one attached hydrogen (secondary N) is 1. The number of likely N-dealkylation sites (tertiary alicyclic amines) is 1. The number of amides is 1. The predicted octanol–water partition coefficient (Wildman–Crippen LogP) is 0.324. The van der Waals surface area contributed by atoms with E-state index >= 15 is 0 Å². The number of hydrogen-bond acceptors (Lipinski definition) is 3. The van der Waals surface area contributed by atoms with Gasteiger partial charge in [0.25, 0.3) is 0 Å². The number of piperidine rings is 1. The number of carbonyl (C=O) groups excluding carboxylic acids is 1. The van der Waals surface area contributed by atoms with Crippen LogP contribution in [0.2, 0.25) is 0 Å². The van der Waals surface area contributed by atoms with Crippen molar-refractivity contribution in [1.82, 2.24) is 10.2 Å².